The first-order valence-corrected chi connectivity index (χ1v) is 9.73. The second-order valence-corrected chi connectivity index (χ2v) is 7.36. The lowest BCUT2D eigenvalue weighted by atomic mass is 9.99. The van der Waals surface area contributed by atoms with E-state index in [1.165, 1.54) is 35.4 Å². The van der Waals surface area contributed by atoms with Crippen LogP contribution in [0.4, 0.5) is 8.78 Å². The minimum absolute atomic E-state index is 0.195. The van der Waals surface area contributed by atoms with Crippen molar-refractivity contribution in [3.63, 3.8) is 0 Å². The highest BCUT2D eigenvalue weighted by Crippen LogP contribution is 2.19. The van der Waals surface area contributed by atoms with Crippen molar-refractivity contribution in [2.75, 3.05) is 0 Å². The van der Waals surface area contributed by atoms with Crippen LogP contribution in [0, 0.1) is 11.6 Å². The Hall–Kier alpha value is -2.19. The Bertz CT molecular complexity index is 785. The van der Waals surface area contributed by atoms with E-state index < -0.39 is 0 Å². The Morgan fingerprint density at radius 2 is 0.889 bits per heavy atom. The largest absolute Gasteiger partial charge is 0.207 e. The minimum Gasteiger partial charge on any atom is -0.207 e. The predicted octanol–water partition coefficient (Wildman–Crippen LogP) is 6.97. The van der Waals surface area contributed by atoms with Crippen molar-refractivity contribution in [2.24, 2.45) is 0 Å². The molecule has 0 saturated heterocycles. The molecule has 0 aliphatic carbocycles. The zero-order valence-electron chi connectivity index (χ0n) is 15.2. The number of rotatable bonds is 8. The molecule has 0 aliphatic heterocycles. The molecule has 0 fully saturated rings. The van der Waals surface area contributed by atoms with Crippen LogP contribution in [0.1, 0.15) is 35.1 Å². The quantitative estimate of drug-likeness (QED) is 0.393. The van der Waals surface area contributed by atoms with Gasteiger partial charge in [0.25, 0.3) is 0 Å². The molecule has 0 amide bonds. The van der Waals surface area contributed by atoms with Gasteiger partial charge in [0, 0.05) is 5.02 Å². The van der Waals surface area contributed by atoms with Crippen LogP contribution in [-0.2, 0) is 25.7 Å². The van der Waals surface area contributed by atoms with Gasteiger partial charge in [0.15, 0.2) is 0 Å². The topological polar surface area (TPSA) is 0 Å². The third-order valence-electron chi connectivity index (χ3n) is 4.71. The summed E-state index contributed by atoms with van der Waals surface area (Å²) in [6, 6.07) is 19.7. The van der Waals surface area contributed by atoms with Crippen LogP contribution < -0.4 is 0 Å². The summed E-state index contributed by atoms with van der Waals surface area (Å²) in [5.74, 6) is -0.391. The Morgan fingerprint density at radius 3 is 1.30 bits per heavy atom. The normalized spacial score (nSPS) is 10.9. The molecule has 3 rings (SSSR count). The summed E-state index contributed by atoms with van der Waals surface area (Å²) in [6.07, 6.45) is 5.74. The monoisotopic (exact) mass is 384 g/mol. The first kappa shape index (κ1) is 19.6. The number of hydrogen-bond donors (Lipinski definition) is 0. The molecule has 3 aromatic rings. The third kappa shape index (κ3) is 6.48. The average molecular weight is 385 g/mol. The molecule has 0 N–H and O–H groups in total. The Kier molecular flexibility index (Phi) is 7.00. The van der Waals surface area contributed by atoms with Crippen molar-refractivity contribution in [1.82, 2.24) is 0 Å². The zero-order chi connectivity index (χ0) is 19.1. The molecule has 0 aliphatic rings. The lowest BCUT2D eigenvalue weighted by Gasteiger charge is -2.08. The van der Waals surface area contributed by atoms with Crippen LogP contribution in [0.25, 0.3) is 0 Å². The van der Waals surface area contributed by atoms with Crippen molar-refractivity contribution in [1.29, 1.82) is 0 Å². The number of hydrogen-bond acceptors (Lipinski definition) is 0. The van der Waals surface area contributed by atoms with Crippen LogP contribution in [0.2, 0.25) is 5.02 Å². The van der Waals surface area contributed by atoms with Gasteiger partial charge >= 0.3 is 0 Å². The van der Waals surface area contributed by atoms with Crippen molar-refractivity contribution >= 4 is 11.6 Å². The van der Waals surface area contributed by atoms with Gasteiger partial charge in [-0.05, 0) is 97.2 Å². The molecule has 0 heterocycles. The van der Waals surface area contributed by atoms with Gasteiger partial charge in [-0.3, -0.25) is 0 Å². The van der Waals surface area contributed by atoms with Crippen molar-refractivity contribution < 1.29 is 8.78 Å². The first-order valence-electron chi connectivity index (χ1n) is 9.36. The summed E-state index contributed by atoms with van der Waals surface area (Å²) >= 11 is 6.29. The van der Waals surface area contributed by atoms with E-state index in [4.69, 9.17) is 11.6 Å². The van der Waals surface area contributed by atoms with Gasteiger partial charge in [-0.15, -0.1) is 0 Å². The summed E-state index contributed by atoms with van der Waals surface area (Å²) in [5, 5.41) is 0.770. The minimum atomic E-state index is -0.195. The predicted molar refractivity (Wildman–Crippen MR) is 108 cm³/mol. The first-order chi connectivity index (χ1) is 13.1. The van der Waals surface area contributed by atoms with E-state index in [2.05, 4.69) is 6.07 Å². The number of aryl methyl sites for hydroxylation is 4. The third-order valence-corrected chi connectivity index (χ3v) is 4.92. The summed E-state index contributed by atoms with van der Waals surface area (Å²) in [5.41, 5.74) is 4.78. The molecule has 0 unspecified atom stereocenters. The van der Waals surface area contributed by atoms with E-state index in [-0.39, 0.29) is 11.6 Å². The van der Waals surface area contributed by atoms with E-state index in [1.54, 1.807) is 0 Å². The van der Waals surface area contributed by atoms with Gasteiger partial charge in [-0.2, -0.15) is 0 Å². The van der Waals surface area contributed by atoms with Crippen LogP contribution in [0.5, 0.6) is 0 Å². The summed E-state index contributed by atoms with van der Waals surface area (Å²) < 4.78 is 25.9. The average Bonchev–Trinajstić information content (AvgIpc) is 2.65. The maximum Gasteiger partial charge on any atom is 0.123 e. The van der Waals surface area contributed by atoms with Gasteiger partial charge in [0.2, 0.25) is 0 Å². The van der Waals surface area contributed by atoms with Gasteiger partial charge in [0.05, 0.1) is 0 Å². The highest BCUT2D eigenvalue weighted by molar-refractivity contribution is 6.30. The highest BCUT2D eigenvalue weighted by Gasteiger charge is 2.03. The lowest BCUT2D eigenvalue weighted by Crippen LogP contribution is -1.95. The van der Waals surface area contributed by atoms with Crippen LogP contribution in [0.3, 0.4) is 0 Å². The maximum absolute atomic E-state index is 13.0. The van der Waals surface area contributed by atoms with E-state index in [1.807, 2.05) is 36.4 Å². The Balaban J connectivity index is 1.50. The highest BCUT2D eigenvalue weighted by atomic mass is 35.5. The molecule has 0 atom stereocenters. The fourth-order valence-corrected chi connectivity index (χ4v) is 3.58. The standard InChI is InChI=1S/C24H23ClF2/c25-22-16-20(5-1-3-18-7-11-23(26)12-8-18)15-21(17-22)6-2-4-19-9-13-24(27)14-10-19/h7-17H,1-6H2. The van der Waals surface area contributed by atoms with E-state index in [9.17, 15) is 8.78 Å². The summed E-state index contributed by atoms with van der Waals surface area (Å²) in [6.45, 7) is 0. The number of halogens is 3. The fraction of sp³-hybridized carbons (Fsp3) is 0.250. The van der Waals surface area contributed by atoms with Gasteiger partial charge in [-0.1, -0.05) is 41.9 Å². The molecular formula is C24H23ClF2. The SMILES string of the molecule is Fc1ccc(CCCc2cc(Cl)cc(CCCc3ccc(F)cc3)c2)cc1. The van der Waals surface area contributed by atoms with Crippen LogP contribution >= 0.6 is 11.6 Å². The molecule has 3 heteroatoms. The summed E-state index contributed by atoms with van der Waals surface area (Å²) in [7, 11) is 0. The molecular weight excluding hydrogens is 362 g/mol. The van der Waals surface area contributed by atoms with Crippen molar-refractivity contribution in [2.45, 2.75) is 38.5 Å². The molecule has 3 aromatic carbocycles. The van der Waals surface area contributed by atoms with E-state index >= 15 is 0 Å². The number of benzene rings is 3. The molecule has 0 radical (unpaired) electrons. The Labute approximate surface area is 164 Å². The smallest absolute Gasteiger partial charge is 0.123 e. The zero-order valence-corrected chi connectivity index (χ0v) is 16.0. The fourth-order valence-electron chi connectivity index (χ4n) is 3.30. The van der Waals surface area contributed by atoms with Gasteiger partial charge in [-0.25, -0.2) is 8.78 Å². The second kappa shape index (κ2) is 9.66. The van der Waals surface area contributed by atoms with Gasteiger partial charge < -0.3 is 0 Å². The lowest BCUT2D eigenvalue weighted by molar-refractivity contribution is 0.626. The molecule has 0 bridgehead atoms. The van der Waals surface area contributed by atoms with Crippen LogP contribution in [0.15, 0.2) is 66.7 Å². The van der Waals surface area contributed by atoms with E-state index in [0.29, 0.717) is 0 Å². The molecule has 0 spiro atoms. The Morgan fingerprint density at radius 1 is 0.519 bits per heavy atom. The van der Waals surface area contributed by atoms with Crippen LogP contribution in [-0.4, -0.2) is 0 Å². The molecule has 0 nitrogen and oxygen atoms in total. The van der Waals surface area contributed by atoms with E-state index in [0.717, 1.165) is 54.7 Å². The summed E-state index contributed by atoms with van der Waals surface area (Å²) in [4.78, 5) is 0. The molecule has 0 aromatic heterocycles. The molecule has 140 valence electrons. The maximum atomic E-state index is 13.0. The van der Waals surface area contributed by atoms with Crippen molar-refractivity contribution in [3.05, 3.63) is 106 Å². The second-order valence-electron chi connectivity index (χ2n) is 6.93. The van der Waals surface area contributed by atoms with Gasteiger partial charge in [0.1, 0.15) is 11.6 Å². The molecule has 27 heavy (non-hydrogen) atoms. The van der Waals surface area contributed by atoms with Crippen molar-refractivity contribution in [3.8, 4) is 0 Å². The molecule has 0 saturated carbocycles.